The molecule has 0 aromatic heterocycles. The Morgan fingerprint density at radius 1 is 0.458 bits per heavy atom. The van der Waals surface area contributed by atoms with E-state index in [1.807, 2.05) is 0 Å². The lowest BCUT2D eigenvalue weighted by Crippen LogP contribution is -2.81. The Labute approximate surface area is 122 Å². The molecule has 0 aromatic carbocycles. The molecule has 4 atom stereocenters. The van der Waals surface area contributed by atoms with E-state index in [1.165, 1.54) is 0 Å². The van der Waals surface area contributed by atoms with Crippen LogP contribution in [0, 0.1) is 11.8 Å². The molecule has 24 heavy (non-hydrogen) atoms. The van der Waals surface area contributed by atoms with E-state index in [0.29, 0.717) is 0 Å². The molecule has 0 saturated heterocycles. The zero-order valence-corrected chi connectivity index (χ0v) is 10.6. The minimum atomic E-state index is -7.23. The number of hydrogen-bond acceptors (Lipinski definition) is 0. The monoisotopic (exact) mass is 390 g/mol. The molecule has 0 spiro atoms. The Morgan fingerprint density at radius 3 is 1.25 bits per heavy atom. The van der Waals surface area contributed by atoms with Crippen LogP contribution in [0.15, 0.2) is 0 Å². The molecule has 142 valence electrons. The average molecular weight is 390 g/mol. The zero-order valence-electron chi connectivity index (χ0n) is 10.6. The van der Waals surface area contributed by atoms with Crippen LogP contribution in [-0.4, -0.2) is 47.9 Å². The largest absolute Gasteiger partial charge is 0.378 e. The van der Waals surface area contributed by atoms with Gasteiger partial charge in [0.2, 0.25) is 6.17 Å². The number of alkyl halides is 14. The summed E-state index contributed by atoms with van der Waals surface area (Å²) in [6.07, 6.45) is -9.56. The Morgan fingerprint density at radius 2 is 0.833 bits per heavy atom. The summed E-state index contributed by atoms with van der Waals surface area (Å²) in [6.45, 7) is 0. The van der Waals surface area contributed by atoms with E-state index in [4.69, 9.17) is 0 Å². The maximum absolute atomic E-state index is 13.4. The van der Waals surface area contributed by atoms with Crippen LogP contribution in [0.2, 0.25) is 0 Å². The smallest absolute Gasteiger partial charge is 0.243 e. The SMILES string of the molecule is FC1C(F)C(F)(F)C(F)(F)C2C1C(F)(F)C(F)(F)C(F)(F)C2(F)F. The van der Waals surface area contributed by atoms with Crippen LogP contribution in [0.4, 0.5) is 61.5 Å². The topological polar surface area (TPSA) is 0 Å². The number of fused-ring (bicyclic) bond motifs is 1. The van der Waals surface area contributed by atoms with Crippen LogP contribution < -0.4 is 0 Å². The second-order valence-electron chi connectivity index (χ2n) is 5.49. The molecule has 2 rings (SSSR count). The number of hydrogen-bond donors (Lipinski definition) is 0. The highest BCUT2D eigenvalue weighted by Gasteiger charge is 2.96. The molecule has 0 heterocycles. The fourth-order valence-corrected chi connectivity index (χ4v) is 2.87. The molecule has 0 aromatic rings. The lowest BCUT2D eigenvalue weighted by atomic mass is 9.60. The molecule has 2 aliphatic carbocycles. The van der Waals surface area contributed by atoms with Gasteiger partial charge in [0, 0.05) is 0 Å². The van der Waals surface area contributed by atoms with E-state index >= 15 is 0 Å². The molecule has 2 fully saturated rings. The standard InChI is InChI=1S/C10H4F14/c11-2-1-3(6(15,16)8(19,20)4(2)12)7(17,18)10(23,24)9(21,22)5(1,13)14/h1-4H. The van der Waals surface area contributed by atoms with Gasteiger partial charge in [0.15, 0.2) is 0 Å². The number of halogens is 14. The summed E-state index contributed by atoms with van der Waals surface area (Å²) in [6, 6.07) is 0. The molecule has 0 amide bonds. The van der Waals surface area contributed by atoms with Gasteiger partial charge in [0.1, 0.15) is 12.1 Å². The Bertz CT molecular complexity index is 534. The molecule has 2 aliphatic rings. The average Bonchev–Trinajstić information content (AvgIpc) is 2.38. The van der Waals surface area contributed by atoms with Crippen LogP contribution >= 0.6 is 0 Å². The number of rotatable bonds is 0. The summed E-state index contributed by atoms with van der Waals surface area (Å²) in [5, 5.41) is 0. The van der Waals surface area contributed by atoms with Crippen LogP contribution in [0.3, 0.4) is 0 Å². The van der Waals surface area contributed by atoms with Crippen molar-refractivity contribution in [2.24, 2.45) is 11.8 Å². The predicted octanol–water partition coefficient (Wildman–Crippen LogP) is 4.73. The first-order chi connectivity index (χ1) is 10.3. The summed E-state index contributed by atoms with van der Waals surface area (Å²) in [5.41, 5.74) is 0. The lowest BCUT2D eigenvalue weighted by Gasteiger charge is -2.56. The molecule has 0 bridgehead atoms. The van der Waals surface area contributed by atoms with E-state index in [0.717, 1.165) is 0 Å². The van der Waals surface area contributed by atoms with Crippen LogP contribution in [0.5, 0.6) is 0 Å². The maximum Gasteiger partial charge on any atom is 0.378 e. The third-order valence-electron chi connectivity index (χ3n) is 4.20. The zero-order chi connectivity index (χ0) is 19.3. The van der Waals surface area contributed by atoms with E-state index in [9.17, 15) is 61.5 Å². The molecule has 2 saturated carbocycles. The normalized spacial score (nSPS) is 43.8. The highest BCUT2D eigenvalue weighted by molar-refractivity contribution is 5.24. The second-order valence-corrected chi connectivity index (χ2v) is 5.49. The van der Waals surface area contributed by atoms with Crippen LogP contribution in [-0.2, 0) is 0 Å². The Kier molecular flexibility index (Phi) is 3.55. The van der Waals surface area contributed by atoms with Gasteiger partial charge in [0.25, 0.3) is 0 Å². The van der Waals surface area contributed by atoms with Gasteiger partial charge < -0.3 is 0 Å². The minimum absolute atomic E-state index is 4.67. The van der Waals surface area contributed by atoms with Crippen molar-refractivity contribution in [1.82, 2.24) is 0 Å². The molecule has 0 N–H and O–H groups in total. The van der Waals surface area contributed by atoms with Gasteiger partial charge in [-0.15, -0.1) is 0 Å². The molecule has 14 heteroatoms. The van der Waals surface area contributed by atoms with Crippen LogP contribution in [0.1, 0.15) is 0 Å². The molecule has 0 nitrogen and oxygen atoms in total. The van der Waals surface area contributed by atoms with E-state index in [2.05, 4.69) is 0 Å². The van der Waals surface area contributed by atoms with E-state index in [-0.39, 0.29) is 0 Å². The van der Waals surface area contributed by atoms with Crippen molar-refractivity contribution in [3.8, 4) is 0 Å². The maximum atomic E-state index is 13.4. The fraction of sp³-hybridized carbons (Fsp3) is 1.00. The third-order valence-corrected chi connectivity index (χ3v) is 4.20. The Hall–Kier alpha value is -0.980. The summed E-state index contributed by atoms with van der Waals surface area (Å²) < 4.78 is 185. The molecule has 0 radical (unpaired) electrons. The molecular weight excluding hydrogens is 386 g/mol. The van der Waals surface area contributed by atoms with Crippen molar-refractivity contribution < 1.29 is 61.5 Å². The van der Waals surface area contributed by atoms with Crippen molar-refractivity contribution in [3.63, 3.8) is 0 Å². The Balaban J connectivity index is 2.84. The van der Waals surface area contributed by atoms with Gasteiger partial charge in [-0.3, -0.25) is 0 Å². The van der Waals surface area contributed by atoms with E-state index in [1.54, 1.807) is 0 Å². The summed E-state index contributed by atoms with van der Waals surface area (Å²) in [7, 11) is 0. The van der Waals surface area contributed by atoms with Crippen molar-refractivity contribution in [2.45, 2.75) is 47.9 Å². The quantitative estimate of drug-likeness (QED) is 0.525. The van der Waals surface area contributed by atoms with Crippen molar-refractivity contribution in [2.75, 3.05) is 0 Å². The fourth-order valence-electron chi connectivity index (χ4n) is 2.87. The summed E-state index contributed by atoms with van der Waals surface area (Å²) in [4.78, 5) is 0. The lowest BCUT2D eigenvalue weighted by molar-refractivity contribution is -0.469. The van der Waals surface area contributed by atoms with Gasteiger partial charge in [-0.05, 0) is 0 Å². The van der Waals surface area contributed by atoms with Gasteiger partial charge in [0.05, 0.1) is 5.92 Å². The first kappa shape index (κ1) is 19.3. The second kappa shape index (κ2) is 4.40. The van der Waals surface area contributed by atoms with Gasteiger partial charge >= 0.3 is 35.5 Å². The third kappa shape index (κ3) is 1.67. The molecular formula is C10H4F14. The highest BCUT2D eigenvalue weighted by atomic mass is 19.4. The van der Waals surface area contributed by atoms with Crippen molar-refractivity contribution in [3.05, 3.63) is 0 Å². The summed E-state index contributed by atoms with van der Waals surface area (Å²) >= 11 is 0. The van der Waals surface area contributed by atoms with Gasteiger partial charge in [-0.25, -0.2) is 8.78 Å². The van der Waals surface area contributed by atoms with Gasteiger partial charge in [-0.1, -0.05) is 0 Å². The molecule has 4 unspecified atom stereocenters. The van der Waals surface area contributed by atoms with Gasteiger partial charge in [-0.2, -0.15) is 52.7 Å². The minimum Gasteiger partial charge on any atom is -0.243 e. The van der Waals surface area contributed by atoms with Crippen LogP contribution in [0.25, 0.3) is 0 Å². The highest BCUT2D eigenvalue weighted by Crippen LogP contribution is 2.71. The van der Waals surface area contributed by atoms with Crippen molar-refractivity contribution >= 4 is 0 Å². The van der Waals surface area contributed by atoms with E-state index < -0.39 is 59.7 Å². The first-order valence-corrected chi connectivity index (χ1v) is 5.86. The van der Waals surface area contributed by atoms with Crippen molar-refractivity contribution in [1.29, 1.82) is 0 Å². The summed E-state index contributed by atoms with van der Waals surface area (Å²) in [5.74, 6) is -51.0. The predicted molar refractivity (Wildman–Crippen MR) is 46.5 cm³/mol. The first-order valence-electron chi connectivity index (χ1n) is 5.86. The molecule has 0 aliphatic heterocycles.